The van der Waals surface area contributed by atoms with Crippen LogP contribution in [0.2, 0.25) is 0 Å². The van der Waals surface area contributed by atoms with Crippen LogP contribution in [0.15, 0.2) is 97.5 Å². The number of pyridine rings is 1. The molecule has 0 aliphatic rings. The molecule has 0 aliphatic carbocycles. The first-order chi connectivity index (χ1) is 15.6. The second kappa shape index (κ2) is 8.35. The largest absolute Gasteiger partial charge is 0.457 e. The Morgan fingerprint density at radius 2 is 1.75 bits per heavy atom. The Morgan fingerprint density at radius 1 is 0.906 bits per heavy atom. The van der Waals surface area contributed by atoms with E-state index in [1.54, 1.807) is 29.2 Å². The summed E-state index contributed by atoms with van der Waals surface area (Å²) in [6, 6.07) is 24.6. The Balaban J connectivity index is 1.33. The average molecular weight is 420 g/mol. The van der Waals surface area contributed by atoms with Crippen LogP contribution < -0.4 is 10.1 Å². The molecular weight excluding hydrogens is 400 g/mol. The summed E-state index contributed by atoms with van der Waals surface area (Å²) in [5, 5.41) is 9.26. The molecule has 0 saturated heterocycles. The topological polar surface area (TPSA) is 69.0 Å². The van der Waals surface area contributed by atoms with E-state index in [9.17, 15) is 4.79 Å². The van der Waals surface area contributed by atoms with Crippen LogP contribution in [0.1, 0.15) is 10.4 Å². The van der Waals surface area contributed by atoms with Gasteiger partial charge in [0.2, 0.25) is 0 Å². The van der Waals surface area contributed by atoms with E-state index >= 15 is 0 Å². The number of nitrogens with zero attached hydrogens (tertiary/aromatic N) is 3. The second-order valence-electron chi connectivity index (χ2n) is 7.43. The van der Waals surface area contributed by atoms with Gasteiger partial charge in [0, 0.05) is 48.4 Å². The lowest BCUT2D eigenvalue weighted by atomic mass is 10.1. The molecule has 6 heteroatoms. The van der Waals surface area contributed by atoms with Crippen LogP contribution in [-0.2, 0) is 7.05 Å². The number of aryl methyl sites for hydroxylation is 1. The third-order valence-corrected chi connectivity index (χ3v) is 5.07. The van der Waals surface area contributed by atoms with E-state index < -0.39 is 0 Å². The summed E-state index contributed by atoms with van der Waals surface area (Å²) >= 11 is 0. The highest BCUT2D eigenvalue weighted by atomic mass is 16.5. The molecule has 0 unspecified atom stereocenters. The van der Waals surface area contributed by atoms with Crippen molar-refractivity contribution in [1.29, 1.82) is 0 Å². The number of nitrogens with one attached hydrogen (secondary N) is 1. The van der Waals surface area contributed by atoms with Gasteiger partial charge in [0.25, 0.3) is 5.91 Å². The van der Waals surface area contributed by atoms with Crippen molar-refractivity contribution in [3.8, 4) is 22.8 Å². The number of amides is 1. The first-order valence-electron chi connectivity index (χ1n) is 10.2. The predicted molar refractivity (Wildman–Crippen MR) is 125 cm³/mol. The summed E-state index contributed by atoms with van der Waals surface area (Å²) in [5.41, 5.74) is 2.94. The molecule has 3 aromatic carbocycles. The lowest BCUT2D eigenvalue weighted by Gasteiger charge is -2.10. The van der Waals surface area contributed by atoms with E-state index in [2.05, 4.69) is 15.4 Å². The molecule has 32 heavy (non-hydrogen) atoms. The Hall–Kier alpha value is -4.45. The number of aromatic nitrogens is 3. The molecule has 0 bridgehead atoms. The second-order valence-corrected chi connectivity index (χ2v) is 7.43. The summed E-state index contributed by atoms with van der Waals surface area (Å²) in [4.78, 5) is 17.1. The summed E-state index contributed by atoms with van der Waals surface area (Å²) in [6.07, 6.45) is 5.35. The normalized spacial score (nSPS) is 10.8. The van der Waals surface area contributed by atoms with Crippen LogP contribution in [-0.4, -0.2) is 20.7 Å². The zero-order chi connectivity index (χ0) is 21.9. The van der Waals surface area contributed by atoms with Crippen molar-refractivity contribution in [3.63, 3.8) is 0 Å². The van der Waals surface area contributed by atoms with Gasteiger partial charge in [-0.2, -0.15) is 5.10 Å². The molecule has 0 saturated carbocycles. The van der Waals surface area contributed by atoms with Crippen molar-refractivity contribution in [2.45, 2.75) is 0 Å². The monoisotopic (exact) mass is 420 g/mol. The molecule has 0 spiro atoms. The van der Waals surface area contributed by atoms with Gasteiger partial charge in [-0.1, -0.05) is 36.4 Å². The van der Waals surface area contributed by atoms with Crippen LogP contribution in [0.5, 0.6) is 11.5 Å². The number of hydrogen-bond acceptors (Lipinski definition) is 4. The molecule has 5 rings (SSSR count). The lowest BCUT2D eigenvalue weighted by Crippen LogP contribution is -2.11. The third kappa shape index (κ3) is 4.20. The Morgan fingerprint density at radius 3 is 2.59 bits per heavy atom. The Labute approximate surface area is 185 Å². The smallest absolute Gasteiger partial charge is 0.255 e. The first-order valence-corrected chi connectivity index (χ1v) is 10.2. The van der Waals surface area contributed by atoms with Crippen molar-refractivity contribution in [1.82, 2.24) is 14.8 Å². The summed E-state index contributed by atoms with van der Waals surface area (Å²) in [5.74, 6) is 1.09. The van der Waals surface area contributed by atoms with Gasteiger partial charge in [-0.05, 0) is 41.1 Å². The maximum absolute atomic E-state index is 12.8. The number of benzene rings is 3. The molecule has 0 radical (unpaired) electrons. The Bertz CT molecular complexity index is 1420. The van der Waals surface area contributed by atoms with Crippen molar-refractivity contribution in [3.05, 3.63) is 103 Å². The van der Waals surface area contributed by atoms with Crippen LogP contribution in [0.3, 0.4) is 0 Å². The number of hydrogen-bond donors (Lipinski definition) is 1. The highest BCUT2D eigenvalue weighted by Gasteiger charge is 2.09. The number of carbonyl (C=O) groups is 1. The fourth-order valence-electron chi connectivity index (χ4n) is 3.49. The van der Waals surface area contributed by atoms with Crippen molar-refractivity contribution in [2.24, 2.45) is 7.05 Å². The highest BCUT2D eigenvalue weighted by molar-refractivity contribution is 6.06. The van der Waals surface area contributed by atoms with E-state index in [0.717, 1.165) is 22.0 Å². The summed E-state index contributed by atoms with van der Waals surface area (Å²) in [6.45, 7) is 0. The maximum atomic E-state index is 12.8. The molecular formula is C26H20N4O2. The fourth-order valence-corrected chi connectivity index (χ4v) is 3.49. The molecule has 0 fully saturated rings. The molecule has 1 amide bonds. The standard InChI is InChI=1S/C26H20N4O2/c1-30-17-21(16-28-30)25-15-24(11-12-27-25)32-23-8-4-7-22(14-23)29-26(31)20-10-9-18-5-2-3-6-19(18)13-20/h2-17H,1H3,(H,29,31). The van der Waals surface area contributed by atoms with Gasteiger partial charge in [-0.15, -0.1) is 0 Å². The Kier molecular flexibility index (Phi) is 5.09. The number of anilines is 1. The average Bonchev–Trinajstić information content (AvgIpc) is 3.25. The minimum atomic E-state index is -0.171. The van der Waals surface area contributed by atoms with E-state index in [-0.39, 0.29) is 5.91 Å². The van der Waals surface area contributed by atoms with Gasteiger partial charge >= 0.3 is 0 Å². The molecule has 6 nitrogen and oxygen atoms in total. The number of ether oxygens (including phenoxy) is 1. The minimum absolute atomic E-state index is 0.171. The minimum Gasteiger partial charge on any atom is -0.457 e. The van der Waals surface area contributed by atoms with Gasteiger partial charge in [0.05, 0.1) is 11.9 Å². The molecule has 2 aromatic heterocycles. The molecule has 0 aliphatic heterocycles. The number of carbonyl (C=O) groups excluding carboxylic acids is 1. The van der Waals surface area contributed by atoms with Crippen molar-refractivity contribution < 1.29 is 9.53 Å². The van der Waals surface area contributed by atoms with Gasteiger partial charge in [-0.25, -0.2) is 0 Å². The van der Waals surface area contributed by atoms with Crippen molar-refractivity contribution >= 4 is 22.4 Å². The molecule has 156 valence electrons. The predicted octanol–water partition coefficient (Wildman–Crippen LogP) is 5.68. The van der Waals surface area contributed by atoms with E-state index in [4.69, 9.17) is 4.74 Å². The zero-order valence-corrected chi connectivity index (χ0v) is 17.4. The molecule has 0 atom stereocenters. The van der Waals surface area contributed by atoms with Crippen LogP contribution >= 0.6 is 0 Å². The van der Waals surface area contributed by atoms with Gasteiger partial charge in [-0.3, -0.25) is 14.5 Å². The summed E-state index contributed by atoms with van der Waals surface area (Å²) in [7, 11) is 1.86. The fraction of sp³-hybridized carbons (Fsp3) is 0.0385. The van der Waals surface area contributed by atoms with E-state index in [1.165, 1.54) is 0 Å². The zero-order valence-electron chi connectivity index (χ0n) is 17.4. The number of rotatable bonds is 5. The van der Waals surface area contributed by atoms with Gasteiger partial charge in [0.15, 0.2) is 0 Å². The van der Waals surface area contributed by atoms with Crippen LogP contribution in [0, 0.1) is 0 Å². The molecule has 5 aromatic rings. The van der Waals surface area contributed by atoms with Gasteiger partial charge in [0.1, 0.15) is 11.5 Å². The maximum Gasteiger partial charge on any atom is 0.255 e. The molecule has 2 heterocycles. The lowest BCUT2D eigenvalue weighted by molar-refractivity contribution is 0.102. The highest BCUT2D eigenvalue weighted by Crippen LogP contribution is 2.27. The van der Waals surface area contributed by atoms with Gasteiger partial charge < -0.3 is 10.1 Å². The summed E-state index contributed by atoms with van der Waals surface area (Å²) < 4.78 is 7.74. The van der Waals surface area contributed by atoms with E-state index in [1.807, 2.05) is 80.0 Å². The molecule has 1 N–H and O–H groups in total. The third-order valence-electron chi connectivity index (χ3n) is 5.07. The SMILES string of the molecule is Cn1cc(-c2cc(Oc3cccc(NC(=O)c4ccc5ccccc5c4)c3)ccn2)cn1. The quantitative estimate of drug-likeness (QED) is 0.397. The number of fused-ring (bicyclic) bond motifs is 1. The van der Waals surface area contributed by atoms with E-state index in [0.29, 0.717) is 22.7 Å². The first kappa shape index (κ1) is 19.5. The van der Waals surface area contributed by atoms with Crippen LogP contribution in [0.25, 0.3) is 22.0 Å². The van der Waals surface area contributed by atoms with Crippen LogP contribution in [0.4, 0.5) is 5.69 Å². The van der Waals surface area contributed by atoms with Crippen molar-refractivity contribution in [2.75, 3.05) is 5.32 Å².